The lowest BCUT2D eigenvalue weighted by Gasteiger charge is -2.17. The Morgan fingerprint density at radius 2 is 1.75 bits per heavy atom. The summed E-state index contributed by atoms with van der Waals surface area (Å²) in [6.07, 6.45) is -5.80. The van der Waals surface area contributed by atoms with E-state index in [0.717, 1.165) is 10.1 Å². The summed E-state index contributed by atoms with van der Waals surface area (Å²) in [7, 11) is 0.192. The van der Waals surface area contributed by atoms with Crippen LogP contribution in [0.4, 0.5) is 22.0 Å². The molecule has 0 spiro atoms. The van der Waals surface area contributed by atoms with E-state index in [-0.39, 0.29) is 17.0 Å². The van der Waals surface area contributed by atoms with Crippen molar-refractivity contribution in [1.29, 1.82) is 0 Å². The number of thiophene rings is 1. The topological polar surface area (TPSA) is 60.7 Å². The Hall–Kier alpha value is -2.47. The molecule has 0 bridgehead atoms. The number of halogens is 5. The van der Waals surface area contributed by atoms with Crippen LogP contribution in [0.3, 0.4) is 0 Å². The molecule has 0 amide bonds. The second-order valence-electron chi connectivity index (χ2n) is 6.40. The third-order valence-electron chi connectivity index (χ3n) is 4.54. The van der Waals surface area contributed by atoms with E-state index in [1.807, 2.05) is 32.0 Å². The van der Waals surface area contributed by atoms with Gasteiger partial charge in [0.25, 0.3) is 0 Å². The van der Waals surface area contributed by atoms with Gasteiger partial charge in [0.1, 0.15) is 11.2 Å². The van der Waals surface area contributed by atoms with Gasteiger partial charge in [0, 0.05) is 22.9 Å². The highest BCUT2D eigenvalue weighted by atomic mass is 32.2. The quantitative estimate of drug-likeness (QED) is 0.327. The average Bonchev–Trinajstić information content (AvgIpc) is 3.31. The zero-order chi connectivity index (χ0) is 23.8. The normalized spacial score (nSPS) is 13.3. The molecule has 4 rings (SSSR count). The first-order chi connectivity index (χ1) is 15.1. The molecule has 0 N–H and O–H groups in total. The Labute approximate surface area is 186 Å². The molecule has 0 aliphatic rings. The number of hydrogen-bond acceptors (Lipinski definition) is 5. The number of fused-ring (bicyclic) bond motifs is 2. The fourth-order valence-electron chi connectivity index (χ4n) is 3.03. The number of hydrogen-bond donors (Lipinski definition) is 0. The summed E-state index contributed by atoms with van der Waals surface area (Å²) in [5, 5.41) is 7.42. The van der Waals surface area contributed by atoms with Crippen molar-refractivity contribution in [2.24, 2.45) is 7.05 Å². The zero-order valence-corrected chi connectivity index (χ0v) is 19.1. The summed E-state index contributed by atoms with van der Waals surface area (Å²) in [5.41, 5.74) is -1.65. The van der Waals surface area contributed by atoms with E-state index in [4.69, 9.17) is 0 Å². The molecule has 5 nitrogen and oxygen atoms in total. The van der Waals surface area contributed by atoms with Crippen molar-refractivity contribution in [2.45, 2.75) is 37.8 Å². The molecule has 0 aliphatic heterocycles. The highest BCUT2D eigenvalue weighted by Gasteiger charge is 2.60. The fourth-order valence-corrected chi connectivity index (χ4v) is 5.63. The number of aromatic nitrogens is 4. The Morgan fingerprint density at radius 1 is 1.09 bits per heavy atom. The molecule has 1 atom stereocenters. The lowest BCUT2D eigenvalue weighted by Crippen LogP contribution is -2.34. The molecule has 0 saturated heterocycles. The minimum Gasteiger partial charge on any atom is -0.310 e. The Balaban J connectivity index is 0.00000141. The summed E-state index contributed by atoms with van der Waals surface area (Å²) in [5.74, 6) is -4.54. The van der Waals surface area contributed by atoms with Gasteiger partial charge >= 0.3 is 12.1 Å². The van der Waals surface area contributed by atoms with E-state index in [9.17, 15) is 26.2 Å². The molecule has 1 unspecified atom stereocenters. The van der Waals surface area contributed by atoms with E-state index < -0.39 is 28.6 Å². The fraction of sp³-hybridized carbons (Fsp3) is 0.350. The molecule has 4 aromatic rings. The van der Waals surface area contributed by atoms with Crippen LogP contribution >= 0.6 is 11.3 Å². The van der Waals surface area contributed by atoms with Gasteiger partial charge in [0.15, 0.2) is 11.5 Å². The minimum absolute atomic E-state index is 0.0393. The summed E-state index contributed by atoms with van der Waals surface area (Å²) in [4.78, 5) is 5.34. The predicted octanol–water partition coefficient (Wildman–Crippen LogP) is 6.05. The maximum atomic E-state index is 13.7. The Bertz CT molecular complexity index is 1300. The highest BCUT2D eigenvalue weighted by molar-refractivity contribution is 7.85. The van der Waals surface area contributed by atoms with Crippen molar-refractivity contribution in [3.8, 4) is 10.7 Å². The van der Waals surface area contributed by atoms with E-state index in [1.165, 1.54) is 15.9 Å². The number of imidazole rings is 1. The number of rotatable bonds is 4. The smallest absolute Gasteiger partial charge is 0.310 e. The summed E-state index contributed by atoms with van der Waals surface area (Å²) < 4.78 is 80.5. The van der Waals surface area contributed by atoms with Crippen LogP contribution in [0.1, 0.15) is 26.5 Å². The maximum absolute atomic E-state index is 13.7. The van der Waals surface area contributed by atoms with Gasteiger partial charge in [0.2, 0.25) is 0 Å². The van der Waals surface area contributed by atoms with Crippen molar-refractivity contribution < 1.29 is 26.2 Å². The number of benzene rings is 1. The van der Waals surface area contributed by atoms with Crippen molar-refractivity contribution in [2.75, 3.05) is 5.75 Å². The van der Waals surface area contributed by atoms with Gasteiger partial charge in [-0.2, -0.15) is 22.0 Å². The van der Waals surface area contributed by atoms with Crippen molar-refractivity contribution >= 4 is 43.4 Å². The predicted molar refractivity (Wildman–Crippen MR) is 115 cm³/mol. The molecular formula is C20H19F5N4OS2. The minimum atomic E-state index is -5.80. The number of alkyl halides is 5. The van der Waals surface area contributed by atoms with Gasteiger partial charge in [-0.3, -0.25) is 4.21 Å². The largest absolute Gasteiger partial charge is 0.459 e. The maximum Gasteiger partial charge on any atom is 0.459 e. The van der Waals surface area contributed by atoms with Crippen LogP contribution in [0.15, 0.2) is 35.2 Å². The second kappa shape index (κ2) is 8.81. The lowest BCUT2D eigenvalue weighted by atomic mass is 10.2. The second-order valence-corrected chi connectivity index (χ2v) is 9.12. The monoisotopic (exact) mass is 490 g/mol. The molecular weight excluding hydrogens is 471 g/mol. The van der Waals surface area contributed by atoms with E-state index in [0.29, 0.717) is 21.6 Å². The summed E-state index contributed by atoms with van der Waals surface area (Å²) in [6, 6.07) is 7.89. The molecule has 1 aromatic carbocycles. The van der Waals surface area contributed by atoms with Crippen molar-refractivity contribution in [1.82, 2.24) is 19.7 Å². The van der Waals surface area contributed by atoms with Crippen LogP contribution in [0.5, 0.6) is 0 Å². The van der Waals surface area contributed by atoms with Crippen LogP contribution in [-0.2, 0) is 23.8 Å². The van der Waals surface area contributed by atoms with Crippen LogP contribution in [0.2, 0.25) is 0 Å². The Kier molecular flexibility index (Phi) is 6.66. The van der Waals surface area contributed by atoms with Crippen LogP contribution in [-0.4, -0.2) is 35.9 Å². The third kappa shape index (κ3) is 3.90. The molecule has 172 valence electrons. The molecule has 12 heteroatoms. The zero-order valence-electron chi connectivity index (χ0n) is 17.5. The van der Waals surface area contributed by atoms with Gasteiger partial charge in [-0.05, 0) is 12.1 Å². The van der Waals surface area contributed by atoms with Gasteiger partial charge < -0.3 is 4.57 Å². The van der Waals surface area contributed by atoms with Gasteiger partial charge in [-0.1, -0.05) is 39.0 Å². The average molecular weight is 491 g/mol. The van der Waals surface area contributed by atoms with Gasteiger partial charge in [-0.25, -0.2) is 4.98 Å². The standard InChI is InChI=1S/C18H13F5N4OS2.C2H6/c1-3-30(28)14-9-6-4-5-7-11(9)29-13(14)16-24-10-8-12(17(19,20)18(21,22)23)25-26-15(10)27(16)2;1-2/h4-8H,3H2,1-2H3;1-2H3. The molecule has 3 heterocycles. The lowest BCUT2D eigenvalue weighted by molar-refractivity contribution is -0.291. The SMILES string of the molecule is CC.CCS(=O)c1c(-c2nc3cc(C(F)(F)C(F)(F)F)nnc3n2C)sc2ccccc12. The van der Waals surface area contributed by atoms with Crippen LogP contribution in [0, 0.1) is 0 Å². The third-order valence-corrected chi connectivity index (χ3v) is 7.24. The first-order valence-electron chi connectivity index (χ1n) is 9.61. The molecule has 0 radical (unpaired) electrons. The molecule has 0 fully saturated rings. The number of aryl methyl sites for hydroxylation is 1. The van der Waals surface area contributed by atoms with E-state index in [1.54, 1.807) is 20.0 Å². The summed E-state index contributed by atoms with van der Waals surface area (Å²) >= 11 is 1.31. The van der Waals surface area contributed by atoms with Gasteiger partial charge in [-0.15, -0.1) is 21.5 Å². The van der Waals surface area contributed by atoms with Gasteiger partial charge in [0.05, 0.1) is 20.6 Å². The number of nitrogens with zero attached hydrogens (tertiary/aromatic N) is 4. The first-order valence-corrected chi connectivity index (χ1v) is 11.7. The molecule has 0 saturated carbocycles. The summed E-state index contributed by atoms with van der Waals surface area (Å²) in [6.45, 7) is 5.76. The van der Waals surface area contributed by atoms with E-state index >= 15 is 0 Å². The first kappa shape index (κ1) is 24.2. The van der Waals surface area contributed by atoms with Crippen molar-refractivity contribution in [3.05, 3.63) is 36.0 Å². The van der Waals surface area contributed by atoms with Crippen molar-refractivity contribution in [3.63, 3.8) is 0 Å². The Morgan fingerprint density at radius 3 is 2.38 bits per heavy atom. The highest BCUT2D eigenvalue weighted by Crippen LogP contribution is 2.44. The molecule has 0 aliphatic carbocycles. The molecule has 3 aromatic heterocycles. The molecule has 32 heavy (non-hydrogen) atoms. The van der Waals surface area contributed by atoms with Crippen LogP contribution in [0.25, 0.3) is 32.0 Å². The van der Waals surface area contributed by atoms with Crippen LogP contribution < -0.4 is 0 Å². The van der Waals surface area contributed by atoms with E-state index in [2.05, 4.69) is 15.2 Å².